The average molecular weight is 297 g/mol. The first-order valence-electron chi connectivity index (χ1n) is 7.48. The molecule has 0 atom stereocenters. The molecule has 0 radical (unpaired) electrons. The number of aryl methyl sites for hydroxylation is 1. The molecular weight excluding hydrogens is 274 g/mol. The van der Waals surface area contributed by atoms with Gasteiger partial charge in [-0.05, 0) is 43.2 Å². The lowest BCUT2D eigenvalue weighted by atomic mass is 10.1. The van der Waals surface area contributed by atoms with Crippen molar-refractivity contribution in [1.82, 2.24) is 5.32 Å². The van der Waals surface area contributed by atoms with Crippen LogP contribution in [0.3, 0.4) is 0 Å². The summed E-state index contributed by atoms with van der Waals surface area (Å²) >= 11 is 0. The molecule has 2 aromatic carbocycles. The number of nitrogens with two attached hydrogens (primary N) is 1. The summed E-state index contributed by atoms with van der Waals surface area (Å²) in [5, 5.41) is 2.93. The second-order valence-electron chi connectivity index (χ2n) is 5.44. The van der Waals surface area contributed by atoms with Crippen LogP contribution in [0.5, 0.6) is 0 Å². The number of benzene rings is 2. The standard InChI is InChI=1S/C18H23N3O/c1-14-9-10-15(13-17(14)19)18(22)20-11-6-12-21(2)16-7-4-3-5-8-16/h3-5,7-10,13H,6,11-12,19H2,1-2H3,(H,20,22). The largest absolute Gasteiger partial charge is 0.398 e. The summed E-state index contributed by atoms with van der Waals surface area (Å²) in [4.78, 5) is 14.2. The van der Waals surface area contributed by atoms with Crippen LogP contribution in [0.2, 0.25) is 0 Å². The van der Waals surface area contributed by atoms with E-state index >= 15 is 0 Å². The molecule has 0 aliphatic heterocycles. The molecule has 4 nitrogen and oxygen atoms in total. The summed E-state index contributed by atoms with van der Waals surface area (Å²) in [6, 6.07) is 15.6. The maximum Gasteiger partial charge on any atom is 0.251 e. The number of nitrogens with zero attached hydrogens (tertiary/aromatic N) is 1. The van der Waals surface area contributed by atoms with Crippen molar-refractivity contribution in [2.45, 2.75) is 13.3 Å². The van der Waals surface area contributed by atoms with Crippen LogP contribution in [0.1, 0.15) is 22.3 Å². The number of carbonyl (C=O) groups is 1. The van der Waals surface area contributed by atoms with Crippen LogP contribution in [-0.4, -0.2) is 26.0 Å². The first-order chi connectivity index (χ1) is 10.6. The van der Waals surface area contributed by atoms with E-state index in [0.717, 1.165) is 18.5 Å². The Kier molecular flexibility index (Phi) is 5.42. The average Bonchev–Trinajstić information content (AvgIpc) is 2.54. The Morgan fingerprint density at radius 1 is 1.18 bits per heavy atom. The Hall–Kier alpha value is -2.49. The maximum absolute atomic E-state index is 12.0. The number of para-hydroxylation sites is 1. The van der Waals surface area contributed by atoms with Crippen LogP contribution in [0.25, 0.3) is 0 Å². The highest BCUT2D eigenvalue weighted by molar-refractivity contribution is 5.95. The van der Waals surface area contributed by atoms with Crippen molar-refractivity contribution in [3.8, 4) is 0 Å². The van der Waals surface area contributed by atoms with Crippen LogP contribution in [-0.2, 0) is 0 Å². The van der Waals surface area contributed by atoms with E-state index < -0.39 is 0 Å². The maximum atomic E-state index is 12.0. The molecule has 0 aliphatic carbocycles. The quantitative estimate of drug-likeness (QED) is 0.637. The van der Waals surface area contributed by atoms with E-state index in [1.807, 2.05) is 31.2 Å². The second-order valence-corrected chi connectivity index (χ2v) is 5.44. The van der Waals surface area contributed by atoms with Gasteiger partial charge in [-0.25, -0.2) is 0 Å². The van der Waals surface area contributed by atoms with Gasteiger partial charge >= 0.3 is 0 Å². The Morgan fingerprint density at radius 2 is 1.91 bits per heavy atom. The van der Waals surface area contributed by atoms with E-state index in [9.17, 15) is 4.79 Å². The van der Waals surface area contributed by atoms with E-state index in [-0.39, 0.29) is 5.91 Å². The Labute approximate surface area is 131 Å². The van der Waals surface area contributed by atoms with Crippen molar-refractivity contribution in [3.05, 3.63) is 59.7 Å². The van der Waals surface area contributed by atoms with Gasteiger partial charge in [-0.3, -0.25) is 4.79 Å². The minimum absolute atomic E-state index is 0.0749. The molecule has 0 saturated heterocycles. The number of anilines is 2. The summed E-state index contributed by atoms with van der Waals surface area (Å²) in [5.41, 5.74) is 9.26. The van der Waals surface area contributed by atoms with Gasteiger partial charge in [0.1, 0.15) is 0 Å². The predicted molar refractivity (Wildman–Crippen MR) is 92.3 cm³/mol. The smallest absolute Gasteiger partial charge is 0.251 e. The second kappa shape index (κ2) is 7.50. The molecule has 0 saturated carbocycles. The molecule has 0 unspecified atom stereocenters. The minimum atomic E-state index is -0.0749. The lowest BCUT2D eigenvalue weighted by Gasteiger charge is -2.19. The molecule has 2 aromatic rings. The third-order valence-electron chi connectivity index (χ3n) is 3.69. The Morgan fingerprint density at radius 3 is 2.59 bits per heavy atom. The Bertz CT molecular complexity index is 625. The van der Waals surface area contributed by atoms with E-state index in [0.29, 0.717) is 17.8 Å². The van der Waals surface area contributed by atoms with Crippen LogP contribution in [0.15, 0.2) is 48.5 Å². The summed E-state index contributed by atoms with van der Waals surface area (Å²) in [7, 11) is 2.05. The number of nitrogen functional groups attached to an aromatic ring is 1. The zero-order chi connectivity index (χ0) is 15.9. The lowest BCUT2D eigenvalue weighted by Crippen LogP contribution is -2.28. The molecule has 0 heterocycles. The van der Waals surface area contributed by atoms with E-state index in [4.69, 9.17) is 5.73 Å². The highest BCUT2D eigenvalue weighted by atomic mass is 16.1. The van der Waals surface area contributed by atoms with E-state index in [1.165, 1.54) is 5.69 Å². The zero-order valence-electron chi connectivity index (χ0n) is 13.2. The number of carbonyl (C=O) groups excluding carboxylic acids is 1. The summed E-state index contributed by atoms with van der Waals surface area (Å²) in [6.45, 7) is 3.46. The molecule has 2 rings (SSSR count). The van der Waals surface area contributed by atoms with Gasteiger partial charge < -0.3 is 16.0 Å². The fourth-order valence-electron chi connectivity index (χ4n) is 2.21. The van der Waals surface area contributed by atoms with Crippen LogP contribution < -0.4 is 16.0 Å². The van der Waals surface area contributed by atoms with Crippen LogP contribution >= 0.6 is 0 Å². The number of hydrogen-bond acceptors (Lipinski definition) is 3. The van der Waals surface area contributed by atoms with Gasteiger partial charge in [-0.15, -0.1) is 0 Å². The van der Waals surface area contributed by atoms with Crippen molar-refractivity contribution < 1.29 is 4.79 Å². The van der Waals surface area contributed by atoms with Gasteiger partial charge in [0, 0.05) is 37.1 Å². The molecule has 0 aliphatic rings. The van der Waals surface area contributed by atoms with Crippen molar-refractivity contribution in [2.24, 2.45) is 0 Å². The molecule has 0 fully saturated rings. The number of rotatable bonds is 6. The highest BCUT2D eigenvalue weighted by Gasteiger charge is 2.06. The first kappa shape index (κ1) is 15.9. The summed E-state index contributed by atoms with van der Waals surface area (Å²) < 4.78 is 0. The predicted octanol–water partition coefficient (Wildman–Crippen LogP) is 2.83. The SMILES string of the molecule is Cc1ccc(C(=O)NCCCN(C)c2ccccc2)cc1N. The first-order valence-corrected chi connectivity index (χ1v) is 7.48. The van der Waals surface area contributed by atoms with Gasteiger partial charge in [-0.1, -0.05) is 24.3 Å². The number of nitrogens with one attached hydrogen (secondary N) is 1. The molecule has 0 spiro atoms. The number of amides is 1. The third kappa shape index (κ3) is 4.25. The molecule has 4 heteroatoms. The van der Waals surface area contributed by atoms with Gasteiger partial charge in [-0.2, -0.15) is 0 Å². The molecule has 1 amide bonds. The molecule has 3 N–H and O–H groups in total. The molecule has 22 heavy (non-hydrogen) atoms. The fourth-order valence-corrected chi connectivity index (χ4v) is 2.21. The monoisotopic (exact) mass is 297 g/mol. The van der Waals surface area contributed by atoms with Gasteiger partial charge in [0.25, 0.3) is 5.91 Å². The van der Waals surface area contributed by atoms with E-state index in [1.54, 1.807) is 12.1 Å². The zero-order valence-corrected chi connectivity index (χ0v) is 13.2. The third-order valence-corrected chi connectivity index (χ3v) is 3.69. The molecule has 116 valence electrons. The Balaban J connectivity index is 1.76. The van der Waals surface area contributed by atoms with Crippen molar-refractivity contribution in [2.75, 3.05) is 30.8 Å². The van der Waals surface area contributed by atoms with Crippen LogP contribution in [0.4, 0.5) is 11.4 Å². The normalized spacial score (nSPS) is 10.3. The van der Waals surface area contributed by atoms with Gasteiger partial charge in [0.05, 0.1) is 0 Å². The molecular formula is C18H23N3O. The minimum Gasteiger partial charge on any atom is -0.398 e. The molecule has 0 aromatic heterocycles. The van der Waals surface area contributed by atoms with Gasteiger partial charge in [0.2, 0.25) is 0 Å². The highest BCUT2D eigenvalue weighted by Crippen LogP contribution is 2.13. The lowest BCUT2D eigenvalue weighted by molar-refractivity contribution is 0.0953. The summed E-state index contributed by atoms with van der Waals surface area (Å²) in [5.74, 6) is -0.0749. The topological polar surface area (TPSA) is 58.4 Å². The fraction of sp³-hybridized carbons (Fsp3) is 0.278. The number of hydrogen-bond donors (Lipinski definition) is 2. The van der Waals surface area contributed by atoms with E-state index in [2.05, 4.69) is 29.4 Å². The van der Waals surface area contributed by atoms with Crippen molar-refractivity contribution in [1.29, 1.82) is 0 Å². The van der Waals surface area contributed by atoms with Crippen molar-refractivity contribution in [3.63, 3.8) is 0 Å². The van der Waals surface area contributed by atoms with Gasteiger partial charge in [0.15, 0.2) is 0 Å². The summed E-state index contributed by atoms with van der Waals surface area (Å²) in [6.07, 6.45) is 0.887. The van der Waals surface area contributed by atoms with Crippen molar-refractivity contribution >= 4 is 17.3 Å². The van der Waals surface area contributed by atoms with Crippen LogP contribution in [0, 0.1) is 6.92 Å². The molecule has 0 bridgehead atoms.